The predicted octanol–water partition coefficient (Wildman–Crippen LogP) is 4.68. The van der Waals surface area contributed by atoms with Gasteiger partial charge in [-0.15, -0.1) is 0 Å². The molecule has 0 fully saturated rings. The maximum absolute atomic E-state index is 12.1. The maximum atomic E-state index is 12.1. The Balaban J connectivity index is 2.03. The average molecular weight is 365 g/mol. The van der Waals surface area contributed by atoms with Crippen molar-refractivity contribution in [3.63, 3.8) is 0 Å². The highest BCUT2D eigenvalue weighted by atomic mass is 35.5. The number of nitrogens with zero attached hydrogens (tertiary/aromatic N) is 1. The van der Waals surface area contributed by atoms with Gasteiger partial charge >= 0.3 is 0 Å². The molecule has 0 unspecified atom stereocenters. The molecule has 0 radical (unpaired) electrons. The van der Waals surface area contributed by atoms with Crippen LogP contribution in [0.25, 0.3) is 0 Å². The summed E-state index contributed by atoms with van der Waals surface area (Å²) in [5, 5.41) is 3.70. The molecule has 2 amide bonds. The fourth-order valence-corrected chi connectivity index (χ4v) is 2.84. The summed E-state index contributed by atoms with van der Waals surface area (Å²) in [5.41, 5.74) is 2.37. The topological polar surface area (TPSA) is 49.4 Å². The molecule has 0 bridgehead atoms. The van der Waals surface area contributed by atoms with E-state index in [9.17, 15) is 9.59 Å². The zero-order chi connectivity index (χ0) is 17.7. The number of amides is 2. The first-order valence-electron chi connectivity index (χ1n) is 7.46. The monoisotopic (exact) mass is 364 g/mol. The zero-order valence-electron chi connectivity index (χ0n) is 13.5. The fraction of sp³-hybridized carbons (Fsp3) is 0.222. The molecule has 0 aliphatic heterocycles. The average Bonchev–Trinajstić information content (AvgIpc) is 2.46. The van der Waals surface area contributed by atoms with Crippen molar-refractivity contribution in [3.8, 4) is 0 Å². The molecule has 0 spiro atoms. The van der Waals surface area contributed by atoms with E-state index in [2.05, 4.69) is 5.32 Å². The molecule has 0 saturated heterocycles. The van der Waals surface area contributed by atoms with Crippen LogP contribution in [0.2, 0.25) is 10.0 Å². The lowest BCUT2D eigenvalue weighted by Crippen LogP contribution is -2.32. The zero-order valence-corrected chi connectivity index (χ0v) is 15.0. The molecule has 0 atom stereocenters. The molecule has 0 heterocycles. The van der Waals surface area contributed by atoms with Crippen molar-refractivity contribution in [2.75, 3.05) is 16.8 Å². The molecular formula is C18H18Cl2N2O2. The lowest BCUT2D eigenvalue weighted by atomic mass is 10.2. The minimum absolute atomic E-state index is 0.164. The molecule has 2 aromatic carbocycles. The molecular weight excluding hydrogens is 347 g/mol. The molecule has 0 aliphatic rings. The van der Waals surface area contributed by atoms with Crippen molar-refractivity contribution < 1.29 is 9.59 Å². The number of benzene rings is 2. The molecule has 0 aliphatic carbocycles. The summed E-state index contributed by atoms with van der Waals surface area (Å²) in [5.74, 6) is -0.350. The smallest absolute Gasteiger partial charge is 0.226 e. The Labute approximate surface area is 151 Å². The summed E-state index contributed by atoms with van der Waals surface area (Å²) < 4.78 is 0. The molecule has 0 saturated carbocycles. The molecule has 126 valence electrons. The van der Waals surface area contributed by atoms with Gasteiger partial charge in [-0.25, -0.2) is 0 Å². The first kappa shape index (κ1) is 18.3. The van der Waals surface area contributed by atoms with Crippen molar-refractivity contribution in [2.24, 2.45) is 0 Å². The SMILES string of the molecule is CC(=O)N(CCC(=O)Nc1cccc(C)c1)c1cc(Cl)cc(Cl)c1. The van der Waals surface area contributed by atoms with Crippen LogP contribution in [0.1, 0.15) is 18.9 Å². The predicted molar refractivity (Wildman–Crippen MR) is 98.9 cm³/mol. The van der Waals surface area contributed by atoms with Gasteiger partial charge in [-0.05, 0) is 42.8 Å². The number of anilines is 2. The van der Waals surface area contributed by atoms with Crippen molar-refractivity contribution in [1.82, 2.24) is 0 Å². The van der Waals surface area contributed by atoms with Crippen LogP contribution in [0.15, 0.2) is 42.5 Å². The van der Waals surface area contributed by atoms with Crippen LogP contribution in [0, 0.1) is 6.92 Å². The van der Waals surface area contributed by atoms with Gasteiger partial charge in [0.25, 0.3) is 0 Å². The van der Waals surface area contributed by atoms with E-state index in [1.54, 1.807) is 18.2 Å². The van der Waals surface area contributed by atoms with E-state index in [1.165, 1.54) is 11.8 Å². The van der Waals surface area contributed by atoms with E-state index in [1.807, 2.05) is 31.2 Å². The number of nitrogens with one attached hydrogen (secondary N) is 1. The number of halogens is 2. The Kier molecular flexibility index (Phi) is 6.23. The summed E-state index contributed by atoms with van der Waals surface area (Å²) in [6, 6.07) is 12.4. The number of carbonyl (C=O) groups is 2. The molecule has 2 aromatic rings. The number of hydrogen-bond acceptors (Lipinski definition) is 2. The normalized spacial score (nSPS) is 10.3. The van der Waals surface area contributed by atoms with Gasteiger partial charge in [0.2, 0.25) is 11.8 Å². The third-order valence-electron chi connectivity index (χ3n) is 3.40. The largest absolute Gasteiger partial charge is 0.326 e. The van der Waals surface area contributed by atoms with Gasteiger partial charge in [-0.2, -0.15) is 0 Å². The van der Waals surface area contributed by atoms with E-state index in [4.69, 9.17) is 23.2 Å². The minimum Gasteiger partial charge on any atom is -0.326 e. The molecule has 24 heavy (non-hydrogen) atoms. The van der Waals surface area contributed by atoms with E-state index < -0.39 is 0 Å². The first-order valence-corrected chi connectivity index (χ1v) is 8.21. The van der Waals surface area contributed by atoms with E-state index >= 15 is 0 Å². The summed E-state index contributed by atoms with van der Waals surface area (Å²) in [7, 11) is 0. The lowest BCUT2D eigenvalue weighted by Gasteiger charge is -2.21. The quantitative estimate of drug-likeness (QED) is 0.836. The van der Waals surface area contributed by atoms with Crippen LogP contribution in [0.5, 0.6) is 0 Å². The highest BCUT2D eigenvalue weighted by Crippen LogP contribution is 2.25. The van der Waals surface area contributed by atoms with Gasteiger partial charge in [0.05, 0.1) is 0 Å². The third-order valence-corrected chi connectivity index (χ3v) is 3.84. The van der Waals surface area contributed by atoms with E-state index in [0.29, 0.717) is 15.7 Å². The van der Waals surface area contributed by atoms with Crippen LogP contribution in [0.4, 0.5) is 11.4 Å². The second kappa shape index (κ2) is 8.18. The molecule has 0 aromatic heterocycles. The summed E-state index contributed by atoms with van der Waals surface area (Å²) in [4.78, 5) is 25.5. The van der Waals surface area contributed by atoms with Crippen molar-refractivity contribution in [1.29, 1.82) is 0 Å². The highest BCUT2D eigenvalue weighted by molar-refractivity contribution is 6.35. The van der Waals surface area contributed by atoms with Gasteiger partial charge < -0.3 is 10.2 Å². The number of hydrogen-bond donors (Lipinski definition) is 1. The van der Waals surface area contributed by atoms with Crippen LogP contribution < -0.4 is 10.2 Å². The lowest BCUT2D eigenvalue weighted by molar-refractivity contribution is -0.117. The second-order valence-corrected chi connectivity index (χ2v) is 6.34. The molecule has 1 N–H and O–H groups in total. The molecule has 6 heteroatoms. The van der Waals surface area contributed by atoms with Crippen LogP contribution in [-0.4, -0.2) is 18.4 Å². The van der Waals surface area contributed by atoms with Gasteiger partial charge in [-0.3, -0.25) is 9.59 Å². The Hall–Kier alpha value is -2.04. The fourth-order valence-electron chi connectivity index (χ4n) is 2.32. The Bertz CT molecular complexity index is 742. The Morgan fingerprint density at radius 1 is 1.08 bits per heavy atom. The highest BCUT2D eigenvalue weighted by Gasteiger charge is 2.15. The third kappa shape index (κ3) is 5.25. The maximum Gasteiger partial charge on any atom is 0.226 e. The van der Waals surface area contributed by atoms with Gasteiger partial charge in [0, 0.05) is 41.3 Å². The Morgan fingerprint density at radius 2 is 1.75 bits per heavy atom. The number of carbonyl (C=O) groups excluding carboxylic acids is 2. The van der Waals surface area contributed by atoms with Crippen LogP contribution >= 0.6 is 23.2 Å². The van der Waals surface area contributed by atoms with Gasteiger partial charge in [0.15, 0.2) is 0 Å². The van der Waals surface area contributed by atoms with E-state index in [-0.39, 0.29) is 24.8 Å². The summed E-state index contributed by atoms with van der Waals surface area (Å²) >= 11 is 12.0. The van der Waals surface area contributed by atoms with Crippen molar-refractivity contribution in [3.05, 3.63) is 58.1 Å². The number of rotatable bonds is 5. The van der Waals surface area contributed by atoms with E-state index in [0.717, 1.165) is 11.3 Å². The van der Waals surface area contributed by atoms with Gasteiger partial charge in [-0.1, -0.05) is 35.3 Å². The minimum atomic E-state index is -0.184. The van der Waals surface area contributed by atoms with Crippen LogP contribution in [-0.2, 0) is 9.59 Å². The standard InChI is InChI=1S/C18H18Cl2N2O2/c1-12-4-3-5-16(8-12)21-18(24)6-7-22(13(2)23)17-10-14(19)9-15(20)11-17/h3-5,8-11H,6-7H2,1-2H3,(H,21,24). The second-order valence-electron chi connectivity index (χ2n) is 5.47. The van der Waals surface area contributed by atoms with Crippen LogP contribution in [0.3, 0.4) is 0 Å². The van der Waals surface area contributed by atoms with Gasteiger partial charge in [0.1, 0.15) is 0 Å². The molecule has 2 rings (SSSR count). The van der Waals surface area contributed by atoms with Crippen molar-refractivity contribution in [2.45, 2.75) is 20.3 Å². The first-order chi connectivity index (χ1) is 11.3. The van der Waals surface area contributed by atoms with Crippen molar-refractivity contribution >= 4 is 46.4 Å². The summed E-state index contributed by atoms with van der Waals surface area (Å²) in [6.07, 6.45) is 0.164. The Morgan fingerprint density at radius 3 is 2.33 bits per heavy atom. The number of aryl methyl sites for hydroxylation is 1. The summed E-state index contributed by atoms with van der Waals surface area (Å²) in [6.45, 7) is 3.63. The molecule has 4 nitrogen and oxygen atoms in total.